The Morgan fingerprint density at radius 1 is 1.37 bits per heavy atom. The smallest absolute Gasteiger partial charge is 0.144 e. The monoisotopic (exact) mass is 283 g/mol. The number of nitrogens with two attached hydrogens (primary N) is 1. The van der Waals surface area contributed by atoms with Crippen LogP contribution in [0.25, 0.3) is 0 Å². The van der Waals surface area contributed by atoms with E-state index in [4.69, 9.17) is 22.5 Å². The van der Waals surface area contributed by atoms with Crippen molar-refractivity contribution >= 4 is 17.4 Å². The van der Waals surface area contributed by atoms with Gasteiger partial charge in [-0.25, -0.2) is 0 Å². The van der Waals surface area contributed by atoms with Gasteiger partial charge in [-0.3, -0.25) is 0 Å². The summed E-state index contributed by atoms with van der Waals surface area (Å²) in [5, 5.41) is 15.9. The number of hydrogen-bond donors (Lipinski definition) is 3. The van der Waals surface area contributed by atoms with E-state index in [9.17, 15) is 0 Å². The third kappa shape index (κ3) is 5.49. The molecule has 19 heavy (non-hydrogen) atoms. The molecule has 0 aliphatic heterocycles. The molecule has 0 aliphatic carbocycles. The standard InChI is InChI=1S/C14H22ClN3O/c1-14(2,13(16)18-19)8-3-9-17-10-11-4-6-12(15)7-5-11/h4-7,17,19H,3,8-10H2,1-2H3,(H2,16,18). The van der Waals surface area contributed by atoms with Gasteiger partial charge >= 0.3 is 0 Å². The first-order chi connectivity index (χ1) is 8.95. The number of rotatable bonds is 7. The van der Waals surface area contributed by atoms with Gasteiger partial charge in [-0.2, -0.15) is 0 Å². The maximum absolute atomic E-state index is 8.68. The lowest BCUT2D eigenvalue weighted by Gasteiger charge is -2.22. The molecule has 0 unspecified atom stereocenters. The number of amidine groups is 1. The van der Waals surface area contributed by atoms with Crippen molar-refractivity contribution in [2.45, 2.75) is 33.2 Å². The number of oxime groups is 1. The van der Waals surface area contributed by atoms with Gasteiger partial charge in [0.05, 0.1) is 0 Å². The first-order valence-electron chi connectivity index (χ1n) is 6.39. The molecule has 0 saturated heterocycles. The third-order valence-electron chi connectivity index (χ3n) is 3.20. The Balaban J connectivity index is 2.23. The highest BCUT2D eigenvalue weighted by Gasteiger charge is 2.22. The Hall–Kier alpha value is -1.26. The fourth-order valence-electron chi connectivity index (χ4n) is 1.75. The van der Waals surface area contributed by atoms with Gasteiger partial charge < -0.3 is 16.3 Å². The van der Waals surface area contributed by atoms with Crippen molar-refractivity contribution in [1.29, 1.82) is 0 Å². The van der Waals surface area contributed by atoms with Crippen LogP contribution in [0.5, 0.6) is 0 Å². The lowest BCUT2D eigenvalue weighted by atomic mass is 9.86. The Morgan fingerprint density at radius 2 is 2.00 bits per heavy atom. The molecule has 0 amide bonds. The van der Waals surface area contributed by atoms with E-state index in [1.54, 1.807) is 0 Å². The van der Waals surface area contributed by atoms with Gasteiger partial charge in [-0.15, -0.1) is 0 Å². The topological polar surface area (TPSA) is 70.6 Å². The first kappa shape index (κ1) is 15.8. The molecule has 4 nitrogen and oxygen atoms in total. The second-order valence-electron chi connectivity index (χ2n) is 5.28. The number of hydrogen-bond acceptors (Lipinski definition) is 3. The van der Waals surface area contributed by atoms with Crippen LogP contribution in [-0.4, -0.2) is 17.6 Å². The summed E-state index contributed by atoms with van der Waals surface area (Å²) in [6.07, 6.45) is 1.84. The Bertz CT molecular complexity index is 415. The second kappa shape index (κ2) is 7.36. The summed E-state index contributed by atoms with van der Waals surface area (Å²) in [5.41, 5.74) is 6.58. The average molecular weight is 284 g/mol. The summed E-state index contributed by atoms with van der Waals surface area (Å²) in [6.45, 7) is 5.66. The molecule has 0 atom stereocenters. The Labute approximate surface area is 119 Å². The molecule has 0 aliphatic rings. The summed E-state index contributed by atoms with van der Waals surface area (Å²) in [7, 11) is 0. The third-order valence-corrected chi connectivity index (χ3v) is 3.45. The van der Waals surface area contributed by atoms with Gasteiger partial charge in [0.2, 0.25) is 0 Å². The largest absolute Gasteiger partial charge is 0.409 e. The molecule has 0 saturated carbocycles. The lowest BCUT2D eigenvalue weighted by Crippen LogP contribution is -2.32. The zero-order valence-electron chi connectivity index (χ0n) is 11.5. The molecule has 1 rings (SSSR count). The summed E-state index contributed by atoms with van der Waals surface area (Å²) < 4.78 is 0. The molecule has 106 valence electrons. The van der Waals surface area contributed by atoms with Gasteiger partial charge in [0.25, 0.3) is 0 Å². The minimum Gasteiger partial charge on any atom is -0.409 e. The molecule has 1 aromatic carbocycles. The lowest BCUT2D eigenvalue weighted by molar-refractivity contribution is 0.304. The highest BCUT2D eigenvalue weighted by atomic mass is 35.5. The number of halogens is 1. The first-order valence-corrected chi connectivity index (χ1v) is 6.76. The van der Waals surface area contributed by atoms with E-state index < -0.39 is 0 Å². The van der Waals surface area contributed by atoms with Gasteiger partial charge in [-0.05, 0) is 37.1 Å². The van der Waals surface area contributed by atoms with Crippen LogP contribution < -0.4 is 11.1 Å². The Morgan fingerprint density at radius 3 is 2.58 bits per heavy atom. The zero-order valence-corrected chi connectivity index (χ0v) is 12.2. The zero-order chi connectivity index (χ0) is 14.3. The molecule has 0 bridgehead atoms. The second-order valence-corrected chi connectivity index (χ2v) is 5.71. The molecule has 0 aromatic heterocycles. The Kier molecular flexibility index (Phi) is 6.12. The van der Waals surface area contributed by atoms with Gasteiger partial charge in [0, 0.05) is 17.0 Å². The predicted octanol–water partition coefficient (Wildman–Crippen LogP) is 2.98. The van der Waals surface area contributed by atoms with Gasteiger partial charge in [0.15, 0.2) is 0 Å². The number of nitrogens with zero attached hydrogens (tertiary/aromatic N) is 1. The van der Waals surface area contributed by atoms with Crippen molar-refractivity contribution in [1.82, 2.24) is 5.32 Å². The molecule has 0 radical (unpaired) electrons. The summed E-state index contributed by atoms with van der Waals surface area (Å²) in [6, 6.07) is 7.80. The van der Waals surface area contributed by atoms with Crippen molar-refractivity contribution in [2.75, 3.05) is 6.54 Å². The highest BCUT2D eigenvalue weighted by molar-refractivity contribution is 6.30. The maximum atomic E-state index is 8.68. The summed E-state index contributed by atoms with van der Waals surface area (Å²) >= 11 is 5.83. The number of benzene rings is 1. The van der Waals surface area contributed by atoms with Crippen molar-refractivity contribution < 1.29 is 5.21 Å². The van der Waals surface area contributed by atoms with Gasteiger partial charge in [0.1, 0.15) is 5.84 Å². The molecule has 4 N–H and O–H groups in total. The molecule has 0 spiro atoms. The van der Waals surface area contributed by atoms with E-state index in [1.807, 2.05) is 38.1 Å². The molecule has 0 heterocycles. The van der Waals surface area contributed by atoms with Crippen molar-refractivity contribution in [3.05, 3.63) is 34.9 Å². The minimum absolute atomic E-state index is 0.267. The van der Waals surface area contributed by atoms with Crippen molar-refractivity contribution in [3.63, 3.8) is 0 Å². The SMILES string of the molecule is CC(C)(CCCNCc1ccc(Cl)cc1)C(N)=NO. The average Bonchev–Trinajstić information content (AvgIpc) is 2.39. The minimum atomic E-state index is -0.267. The highest BCUT2D eigenvalue weighted by Crippen LogP contribution is 2.21. The summed E-state index contributed by atoms with van der Waals surface area (Å²) in [4.78, 5) is 0. The van der Waals surface area contributed by atoms with Crippen LogP contribution in [0.1, 0.15) is 32.3 Å². The van der Waals surface area contributed by atoms with Crippen LogP contribution >= 0.6 is 11.6 Å². The molecule has 0 fully saturated rings. The molecular formula is C14H22ClN3O. The molecular weight excluding hydrogens is 262 g/mol. The maximum Gasteiger partial charge on any atom is 0.144 e. The van der Waals surface area contributed by atoms with E-state index in [1.165, 1.54) is 5.56 Å². The summed E-state index contributed by atoms with van der Waals surface area (Å²) in [5.74, 6) is 0.283. The fourth-order valence-corrected chi connectivity index (χ4v) is 1.88. The van der Waals surface area contributed by atoms with E-state index in [-0.39, 0.29) is 11.3 Å². The van der Waals surface area contributed by atoms with Gasteiger partial charge in [-0.1, -0.05) is 42.7 Å². The van der Waals surface area contributed by atoms with Crippen molar-refractivity contribution in [3.8, 4) is 0 Å². The van der Waals surface area contributed by atoms with E-state index in [0.29, 0.717) is 0 Å². The van der Waals surface area contributed by atoms with E-state index in [0.717, 1.165) is 31.0 Å². The fraction of sp³-hybridized carbons (Fsp3) is 0.500. The van der Waals surface area contributed by atoms with E-state index in [2.05, 4.69) is 10.5 Å². The van der Waals surface area contributed by atoms with Crippen LogP contribution in [0.15, 0.2) is 29.4 Å². The molecule has 1 aromatic rings. The molecule has 5 heteroatoms. The normalized spacial score (nSPS) is 12.7. The predicted molar refractivity (Wildman–Crippen MR) is 79.6 cm³/mol. The van der Waals surface area contributed by atoms with Crippen LogP contribution in [0.2, 0.25) is 5.02 Å². The quantitative estimate of drug-likeness (QED) is 0.237. The van der Waals surface area contributed by atoms with Crippen LogP contribution in [0, 0.1) is 5.41 Å². The van der Waals surface area contributed by atoms with Crippen molar-refractivity contribution in [2.24, 2.45) is 16.3 Å². The van der Waals surface area contributed by atoms with Crippen LogP contribution in [-0.2, 0) is 6.54 Å². The van der Waals surface area contributed by atoms with E-state index >= 15 is 0 Å². The number of nitrogens with one attached hydrogen (secondary N) is 1. The van der Waals surface area contributed by atoms with Crippen LogP contribution in [0.3, 0.4) is 0 Å². The van der Waals surface area contributed by atoms with Crippen LogP contribution in [0.4, 0.5) is 0 Å².